The second-order valence-corrected chi connectivity index (χ2v) is 9.37. The number of ether oxygens (including phenoxy) is 1. The summed E-state index contributed by atoms with van der Waals surface area (Å²) in [6.45, 7) is 4.26. The first-order valence-electron chi connectivity index (χ1n) is 11.6. The summed E-state index contributed by atoms with van der Waals surface area (Å²) in [5.41, 5.74) is 10.2. The highest BCUT2D eigenvalue weighted by Gasteiger charge is 2.27. The molecule has 7 nitrogen and oxygen atoms in total. The van der Waals surface area contributed by atoms with E-state index in [1.54, 1.807) is 39.2 Å². The lowest BCUT2D eigenvalue weighted by Gasteiger charge is -2.25. The van der Waals surface area contributed by atoms with Crippen LogP contribution in [-0.2, 0) is 0 Å². The molecule has 35 heavy (non-hydrogen) atoms. The molecule has 2 aromatic rings. The SMILES string of the molecule is CN/C(Cl)=C1/C/C(C(C)=N)=C(/NCC2CC2)c2cnc(N)c(c2)OC(C)c2cc(F)ccc2C1=N. The van der Waals surface area contributed by atoms with Crippen LogP contribution in [0, 0.1) is 22.6 Å². The fourth-order valence-electron chi connectivity index (χ4n) is 4.16. The van der Waals surface area contributed by atoms with Gasteiger partial charge in [0.1, 0.15) is 17.1 Å². The molecule has 1 aliphatic carbocycles. The number of anilines is 1. The van der Waals surface area contributed by atoms with E-state index in [-0.39, 0.29) is 23.1 Å². The zero-order valence-corrected chi connectivity index (χ0v) is 20.8. The zero-order chi connectivity index (χ0) is 25.3. The van der Waals surface area contributed by atoms with Gasteiger partial charge in [-0.2, -0.15) is 0 Å². The van der Waals surface area contributed by atoms with Crippen LogP contribution < -0.4 is 21.1 Å². The molecular weight excluding hydrogens is 467 g/mol. The maximum absolute atomic E-state index is 14.3. The van der Waals surface area contributed by atoms with Crippen molar-refractivity contribution in [3.05, 3.63) is 69.3 Å². The van der Waals surface area contributed by atoms with E-state index in [4.69, 9.17) is 32.9 Å². The van der Waals surface area contributed by atoms with E-state index < -0.39 is 11.9 Å². The smallest absolute Gasteiger partial charge is 0.166 e. The molecule has 9 heteroatoms. The minimum absolute atomic E-state index is 0.130. The maximum Gasteiger partial charge on any atom is 0.166 e. The predicted octanol–water partition coefficient (Wildman–Crippen LogP) is 5.13. The molecule has 184 valence electrons. The Kier molecular flexibility index (Phi) is 7.12. The quantitative estimate of drug-likeness (QED) is 0.290. The van der Waals surface area contributed by atoms with Crippen molar-refractivity contribution >= 4 is 34.5 Å². The number of halogens is 2. The largest absolute Gasteiger partial charge is 0.482 e. The Bertz CT molecular complexity index is 1250. The van der Waals surface area contributed by atoms with Crippen LogP contribution in [0.1, 0.15) is 55.9 Å². The number of hydrogen-bond donors (Lipinski definition) is 5. The van der Waals surface area contributed by atoms with Gasteiger partial charge in [-0.05, 0) is 56.9 Å². The number of nitrogens with two attached hydrogens (primary N) is 1. The summed E-state index contributed by atoms with van der Waals surface area (Å²) in [4.78, 5) is 4.35. The molecule has 2 bridgehead atoms. The van der Waals surface area contributed by atoms with Gasteiger partial charge in [-0.15, -0.1) is 0 Å². The van der Waals surface area contributed by atoms with Crippen molar-refractivity contribution in [2.75, 3.05) is 19.3 Å². The van der Waals surface area contributed by atoms with Gasteiger partial charge in [0.15, 0.2) is 11.6 Å². The molecule has 1 atom stereocenters. The highest BCUT2D eigenvalue weighted by Crippen LogP contribution is 2.36. The van der Waals surface area contributed by atoms with Crippen LogP contribution in [0.4, 0.5) is 10.2 Å². The number of nitrogen functional groups attached to an aromatic ring is 1. The Balaban J connectivity index is 1.98. The van der Waals surface area contributed by atoms with Crippen LogP contribution in [0.25, 0.3) is 5.70 Å². The van der Waals surface area contributed by atoms with Crippen LogP contribution in [0.2, 0.25) is 0 Å². The van der Waals surface area contributed by atoms with Gasteiger partial charge < -0.3 is 26.5 Å². The standard InChI is InChI=1S/C26H30ClFN6O/c1-13(29)19-10-21(25(27)32-3)23(30)18-7-6-17(28)9-20(18)14(2)35-22-8-16(12-34-26(22)31)24(19)33-11-15-4-5-15/h6-9,12,14-15,29-30,32-33H,4-5,10-11H2,1-3H3,(H2,31,34)/b24-19-,25-21-,29-13?,30-23?. The number of allylic oxidation sites excluding steroid dienone is 2. The van der Waals surface area contributed by atoms with Gasteiger partial charge in [0.25, 0.3) is 0 Å². The van der Waals surface area contributed by atoms with Gasteiger partial charge in [-0.3, -0.25) is 5.41 Å². The number of pyridine rings is 1. The highest BCUT2D eigenvalue weighted by atomic mass is 35.5. The summed E-state index contributed by atoms with van der Waals surface area (Å²) in [6.07, 6.45) is 3.58. The molecule has 0 saturated heterocycles. The van der Waals surface area contributed by atoms with Gasteiger partial charge in [-0.25, -0.2) is 9.37 Å². The molecule has 1 unspecified atom stereocenters. The maximum atomic E-state index is 14.3. The van der Waals surface area contributed by atoms with Crippen molar-refractivity contribution in [2.24, 2.45) is 5.92 Å². The summed E-state index contributed by atoms with van der Waals surface area (Å²) < 4.78 is 20.5. The van der Waals surface area contributed by atoms with Crippen molar-refractivity contribution in [2.45, 2.75) is 39.2 Å². The van der Waals surface area contributed by atoms with Crippen molar-refractivity contribution in [1.29, 1.82) is 10.8 Å². The van der Waals surface area contributed by atoms with Gasteiger partial charge in [-0.1, -0.05) is 11.6 Å². The topological polar surface area (TPSA) is 120 Å². The first-order valence-corrected chi connectivity index (χ1v) is 12.0. The number of aromatic nitrogens is 1. The number of rotatable bonds is 5. The average Bonchev–Trinajstić information content (AvgIpc) is 3.65. The number of nitrogens with one attached hydrogen (secondary N) is 4. The van der Waals surface area contributed by atoms with Crippen LogP contribution >= 0.6 is 11.6 Å². The van der Waals surface area contributed by atoms with E-state index in [9.17, 15) is 4.39 Å². The monoisotopic (exact) mass is 496 g/mol. The predicted molar refractivity (Wildman–Crippen MR) is 139 cm³/mol. The molecule has 2 heterocycles. The van der Waals surface area contributed by atoms with Gasteiger partial charge in [0.2, 0.25) is 0 Å². The summed E-state index contributed by atoms with van der Waals surface area (Å²) in [7, 11) is 1.68. The van der Waals surface area contributed by atoms with E-state index in [2.05, 4.69) is 15.6 Å². The number of nitrogens with zero attached hydrogens (tertiary/aromatic N) is 1. The lowest BCUT2D eigenvalue weighted by atomic mass is 9.89. The molecule has 2 aliphatic rings. The molecule has 1 aliphatic heterocycles. The normalized spacial score (nSPS) is 21.7. The fraction of sp³-hybridized carbons (Fsp3) is 0.346. The summed E-state index contributed by atoms with van der Waals surface area (Å²) in [5.74, 6) is 0.713. The van der Waals surface area contributed by atoms with E-state index in [1.165, 1.54) is 25.0 Å². The van der Waals surface area contributed by atoms with Gasteiger partial charge >= 0.3 is 0 Å². The Hall–Kier alpha value is -3.39. The molecule has 0 amide bonds. The minimum atomic E-state index is -0.620. The third-order valence-electron chi connectivity index (χ3n) is 6.35. The number of benzene rings is 1. The highest BCUT2D eigenvalue weighted by molar-refractivity contribution is 6.33. The molecule has 0 spiro atoms. The lowest BCUT2D eigenvalue weighted by molar-refractivity contribution is 0.227. The van der Waals surface area contributed by atoms with Crippen LogP contribution in [-0.4, -0.2) is 30.0 Å². The van der Waals surface area contributed by atoms with E-state index in [0.29, 0.717) is 39.7 Å². The van der Waals surface area contributed by atoms with Crippen LogP contribution in [0.5, 0.6) is 5.75 Å². The molecule has 6 N–H and O–H groups in total. The molecule has 0 radical (unpaired) electrons. The molecular formula is C26H30ClFN6O. The van der Waals surface area contributed by atoms with Gasteiger partial charge in [0, 0.05) is 65.5 Å². The molecule has 1 aromatic carbocycles. The number of hydrogen-bond acceptors (Lipinski definition) is 7. The fourth-order valence-corrected chi connectivity index (χ4v) is 4.32. The average molecular weight is 497 g/mol. The Morgan fingerprint density at radius 3 is 2.71 bits per heavy atom. The van der Waals surface area contributed by atoms with E-state index >= 15 is 0 Å². The third-order valence-corrected chi connectivity index (χ3v) is 6.77. The minimum Gasteiger partial charge on any atom is -0.482 e. The number of fused-ring (bicyclic) bond motifs is 3. The van der Waals surface area contributed by atoms with Crippen molar-refractivity contribution in [3.8, 4) is 5.75 Å². The lowest BCUT2D eigenvalue weighted by Crippen LogP contribution is -2.23. The zero-order valence-electron chi connectivity index (χ0n) is 20.1. The van der Waals surface area contributed by atoms with Crippen molar-refractivity contribution in [1.82, 2.24) is 15.6 Å². The van der Waals surface area contributed by atoms with Gasteiger partial charge in [0.05, 0.1) is 5.71 Å². The summed E-state index contributed by atoms with van der Waals surface area (Å²) in [6, 6.07) is 6.03. The first kappa shape index (κ1) is 24.7. The Labute approximate surface area is 209 Å². The summed E-state index contributed by atoms with van der Waals surface area (Å²) >= 11 is 6.59. The van der Waals surface area contributed by atoms with E-state index in [0.717, 1.165) is 17.8 Å². The molecule has 1 saturated carbocycles. The van der Waals surface area contributed by atoms with E-state index in [1.807, 2.05) is 0 Å². The molecule has 1 fully saturated rings. The second kappa shape index (κ2) is 10.1. The first-order chi connectivity index (χ1) is 16.7. The van der Waals surface area contributed by atoms with Crippen LogP contribution in [0.15, 0.2) is 46.8 Å². The Morgan fingerprint density at radius 2 is 2.06 bits per heavy atom. The van der Waals surface area contributed by atoms with Crippen molar-refractivity contribution < 1.29 is 9.13 Å². The molecule has 4 rings (SSSR count). The third kappa shape index (κ3) is 5.32. The molecule has 1 aromatic heterocycles. The second-order valence-electron chi connectivity index (χ2n) is 9.00. The van der Waals surface area contributed by atoms with Crippen LogP contribution in [0.3, 0.4) is 0 Å². The Morgan fingerprint density at radius 1 is 1.31 bits per heavy atom. The summed E-state index contributed by atoms with van der Waals surface area (Å²) in [5, 5.41) is 24.4. The van der Waals surface area contributed by atoms with Crippen molar-refractivity contribution in [3.63, 3.8) is 0 Å².